The van der Waals surface area contributed by atoms with Crippen LogP contribution in [0.4, 0.5) is 0 Å². The molecule has 0 saturated carbocycles. The third-order valence-electron chi connectivity index (χ3n) is 3.10. The second kappa shape index (κ2) is 5.96. The summed E-state index contributed by atoms with van der Waals surface area (Å²) in [5.41, 5.74) is 0. The van der Waals surface area contributed by atoms with Gasteiger partial charge in [-0.3, -0.25) is 4.90 Å². The number of aliphatic hydroxyl groups excluding tert-OH is 1. The van der Waals surface area contributed by atoms with Crippen LogP contribution in [0.5, 0.6) is 0 Å². The fourth-order valence-electron chi connectivity index (χ4n) is 2.11. The van der Waals surface area contributed by atoms with Gasteiger partial charge in [0.15, 0.2) is 0 Å². The van der Waals surface area contributed by atoms with Crippen LogP contribution in [0.25, 0.3) is 0 Å². The Kier molecular flexibility index (Phi) is 4.30. The topological polar surface area (TPSA) is 54.2 Å². The van der Waals surface area contributed by atoms with Crippen molar-refractivity contribution in [3.63, 3.8) is 0 Å². The third-order valence-corrected chi connectivity index (χ3v) is 3.10. The molecule has 5 nitrogen and oxygen atoms in total. The lowest BCUT2D eigenvalue weighted by Crippen LogP contribution is -2.34. The first-order valence-corrected chi connectivity index (χ1v) is 6.10. The monoisotopic (exact) mass is 224 g/mol. The van der Waals surface area contributed by atoms with Gasteiger partial charge in [-0.2, -0.15) is 0 Å². The lowest BCUT2D eigenvalue weighted by Gasteiger charge is -2.26. The van der Waals surface area contributed by atoms with E-state index in [1.165, 1.54) is 12.8 Å². The summed E-state index contributed by atoms with van der Waals surface area (Å²) in [6.45, 7) is 4.51. The summed E-state index contributed by atoms with van der Waals surface area (Å²) in [7, 11) is 0. The normalized spacial score (nSPS) is 16.3. The maximum Gasteiger partial charge on any atom is 0.147 e. The maximum absolute atomic E-state index is 8.67. The number of aromatic nitrogens is 3. The van der Waals surface area contributed by atoms with Gasteiger partial charge in [-0.25, -0.2) is 0 Å². The summed E-state index contributed by atoms with van der Waals surface area (Å²) in [5.74, 6) is 1.08. The second-order valence-electron chi connectivity index (χ2n) is 4.35. The molecule has 16 heavy (non-hydrogen) atoms. The van der Waals surface area contributed by atoms with Crippen LogP contribution in [-0.4, -0.2) is 44.5 Å². The first-order chi connectivity index (χ1) is 7.90. The summed E-state index contributed by atoms with van der Waals surface area (Å²) in [4.78, 5) is 2.43. The largest absolute Gasteiger partial charge is 0.396 e. The minimum Gasteiger partial charge on any atom is -0.396 e. The van der Waals surface area contributed by atoms with E-state index in [4.69, 9.17) is 5.11 Å². The van der Waals surface area contributed by atoms with Crippen LogP contribution in [0, 0.1) is 0 Å². The highest BCUT2D eigenvalue weighted by atomic mass is 16.2. The molecule has 1 aliphatic rings. The lowest BCUT2D eigenvalue weighted by molar-refractivity contribution is 0.211. The fourth-order valence-corrected chi connectivity index (χ4v) is 2.11. The van der Waals surface area contributed by atoms with Gasteiger partial charge in [0.1, 0.15) is 12.2 Å². The van der Waals surface area contributed by atoms with E-state index in [2.05, 4.69) is 19.7 Å². The molecule has 5 heteroatoms. The van der Waals surface area contributed by atoms with E-state index in [1.807, 2.05) is 6.33 Å². The number of hydrogen-bond acceptors (Lipinski definition) is 4. The zero-order chi connectivity index (χ0) is 11.2. The van der Waals surface area contributed by atoms with Crippen LogP contribution in [0.3, 0.4) is 0 Å². The van der Waals surface area contributed by atoms with Gasteiger partial charge in [0.2, 0.25) is 0 Å². The van der Waals surface area contributed by atoms with Crippen LogP contribution in [0.1, 0.15) is 31.5 Å². The molecule has 90 valence electrons. The molecule has 0 atom stereocenters. The Morgan fingerprint density at radius 3 is 2.94 bits per heavy atom. The van der Waals surface area contributed by atoms with E-state index in [0.717, 1.165) is 44.8 Å². The van der Waals surface area contributed by atoms with Crippen LogP contribution >= 0.6 is 0 Å². The standard InChI is InChI=1S/C11H20N4O/c16-8-4-2-1-3-5-14-6-7-15-10-12-13-11(15)9-14/h10,16H,1-9H2. The predicted octanol–water partition coefficient (Wildman–Crippen LogP) is 0.646. The van der Waals surface area contributed by atoms with E-state index in [0.29, 0.717) is 6.61 Å². The first kappa shape index (κ1) is 11.5. The number of fused-ring (bicyclic) bond motifs is 1. The van der Waals surface area contributed by atoms with E-state index in [1.54, 1.807) is 0 Å². The van der Waals surface area contributed by atoms with Gasteiger partial charge in [-0.15, -0.1) is 10.2 Å². The van der Waals surface area contributed by atoms with Gasteiger partial charge < -0.3 is 9.67 Å². The summed E-state index contributed by atoms with van der Waals surface area (Å²) in [5, 5.41) is 16.7. The van der Waals surface area contributed by atoms with Crippen LogP contribution in [0.2, 0.25) is 0 Å². The molecule has 0 fully saturated rings. The number of hydrogen-bond donors (Lipinski definition) is 1. The minimum absolute atomic E-state index is 0.326. The summed E-state index contributed by atoms with van der Waals surface area (Å²) >= 11 is 0. The zero-order valence-corrected chi connectivity index (χ0v) is 9.68. The first-order valence-electron chi connectivity index (χ1n) is 6.10. The molecule has 0 aromatic carbocycles. The Hall–Kier alpha value is -0.940. The number of rotatable bonds is 6. The van der Waals surface area contributed by atoms with Gasteiger partial charge in [-0.05, 0) is 19.4 Å². The van der Waals surface area contributed by atoms with E-state index in [-0.39, 0.29) is 0 Å². The lowest BCUT2D eigenvalue weighted by atomic mass is 10.2. The van der Waals surface area contributed by atoms with Gasteiger partial charge >= 0.3 is 0 Å². The molecule has 1 N–H and O–H groups in total. The van der Waals surface area contributed by atoms with Crippen molar-refractivity contribution in [3.8, 4) is 0 Å². The molecule has 0 saturated heterocycles. The highest BCUT2D eigenvalue weighted by Crippen LogP contribution is 2.10. The highest BCUT2D eigenvalue weighted by molar-refractivity contribution is 4.89. The Bertz CT molecular complexity index is 313. The molecule has 0 bridgehead atoms. The number of nitrogens with zero attached hydrogens (tertiary/aromatic N) is 4. The van der Waals surface area contributed by atoms with Crippen molar-refractivity contribution in [1.82, 2.24) is 19.7 Å². The summed E-state index contributed by atoms with van der Waals surface area (Å²) < 4.78 is 2.13. The summed E-state index contributed by atoms with van der Waals surface area (Å²) in [6, 6.07) is 0. The predicted molar refractivity (Wildman–Crippen MR) is 60.9 cm³/mol. The second-order valence-corrected chi connectivity index (χ2v) is 4.35. The van der Waals surface area contributed by atoms with Crippen molar-refractivity contribution in [3.05, 3.63) is 12.2 Å². The van der Waals surface area contributed by atoms with Gasteiger partial charge in [0.25, 0.3) is 0 Å². The van der Waals surface area contributed by atoms with E-state index >= 15 is 0 Å². The smallest absolute Gasteiger partial charge is 0.147 e. The van der Waals surface area contributed by atoms with Crippen molar-refractivity contribution in [2.45, 2.75) is 38.8 Å². The molecule has 2 heterocycles. The molecule has 1 aliphatic heterocycles. The quantitative estimate of drug-likeness (QED) is 0.721. The molecule has 1 aromatic rings. The van der Waals surface area contributed by atoms with E-state index in [9.17, 15) is 0 Å². The molecule has 2 rings (SSSR count). The van der Waals surface area contributed by atoms with Crippen molar-refractivity contribution in [2.24, 2.45) is 0 Å². The molecule has 0 amide bonds. The molecular weight excluding hydrogens is 204 g/mol. The van der Waals surface area contributed by atoms with Gasteiger partial charge in [0, 0.05) is 19.7 Å². The Morgan fingerprint density at radius 1 is 1.19 bits per heavy atom. The van der Waals surface area contributed by atoms with E-state index < -0.39 is 0 Å². The number of aliphatic hydroxyl groups is 1. The molecule has 0 spiro atoms. The summed E-state index contributed by atoms with van der Waals surface area (Å²) in [6.07, 6.45) is 6.32. The third kappa shape index (κ3) is 3.02. The molecule has 0 aliphatic carbocycles. The molecule has 0 radical (unpaired) electrons. The fraction of sp³-hybridized carbons (Fsp3) is 0.818. The minimum atomic E-state index is 0.326. The van der Waals surface area contributed by atoms with Gasteiger partial charge in [-0.1, -0.05) is 12.8 Å². The average Bonchev–Trinajstić information content (AvgIpc) is 2.76. The maximum atomic E-state index is 8.67. The Morgan fingerprint density at radius 2 is 2.06 bits per heavy atom. The molecular formula is C11H20N4O. The van der Waals surface area contributed by atoms with Crippen LogP contribution in [-0.2, 0) is 13.1 Å². The van der Waals surface area contributed by atoms with Crippen molar-refractivity contribution < 1.29 is 5.11 Å². The van der Waals surface area contributed by atoms with Crippen LogP contribution in [0.15, 0.2) is 6.33 Å². The molecule has 0 unspecified atom stereocenters. The SMILES string of the molecule is OCCCCCCN1CCn2cnnc2C1. The van der Waals surface area contributed by atoms with Crippen molar-refractivity contribution in [2.75, 3.05) is 19.7 Å². The zero-order valence-electron chi connectivity index (χ0n) is 9.68. The Balaban J connectivity index is 1.65. The van der Waals surface area contributed by atoms with Crippen LogP contribution < -0.4 is 0 Å². The molecule has 1 aromatic heterocycles. The highest BCUT2D eigenvalue weighted by Gasteiger charge is 2.16. The number of unbranched alkanes of at least 4 members (excludes halogenated alkanes) is 3. The van der Waals surface area contributed by atoms with Crippen molar-refractivity contribution >= 4 is 0 Å². The van der Waals surface area contributed by atoms with Crippen molar-refractivity contribution in [1.29, 1.82) is 0 Å². The average molecular weight is 224 g/mol. The Labute approximate surface area is 96.1 Å². The van der Waals surface area contributed by atoms with Gasteiger partial charge in [0.05, 0.1) is 6.54 Å².